The molecule has 1 aromatic carbocycles. The Balaban J connectivity index is 2.49. The minimum atomic E-state index is -0.631. The number of benzene rings is 1. The summed E-state index contributed by atoms with van der Waals surface area (Å²) in [6.07, 6.45) is 1.62. The topological polar surface area (TPSA) is 41.5 Å². The van der Waals surface area contributed by atoms with Crippen molar-refractivity contribution in [1.29, 1.82) is 0 Å². The van der Waals surface area contributed by atoms with Crippen molar-refractivity contribution >= 4 is 0 Å². The molecule has 1 unspecified atom stereocenters. The zero-order chi connectivity index (χ0) is 12.4. The second-order valence-electron chi connectivity index (χ2n) is 4.36. The van der Waals surface area contributed by atoms with Crippen LogP contribution in [0, 0.1) is 5.82 Å². The zero-order valence-corrected chi connectivity index (χ0v) is 10.2. The van der Waals surface area contributed by atoms with Crippen LogP contribution in [0.5, 0.6) is 11.5 Å². The van der Waals surface area contributed by atoms with Crippen LogP contribution in [0.15, 0.2) is 6.07 Å². The summed E-state index contributed by atoms with van der Waals surface area (Å²) in [5.74, 6) is -0.526. The van der Waals surface area contributed by atoms with Crippen LogP contribution in [0.4, 0.5) is 4.39 Å². The lowest BCUT2D eigenvalue weighted by atomic mass is 9.94. The molecule has 1 aliphatic heterocycles. The SMILES string of the molecule is CCc1cc(C2CCNC2)c(O)c(F)c1OC. The summed E-state index contributed by atoms with van der Waals surface area (Å²) in [6.45, 7) is 3.66. The van der Waals surface area contributed by atoms with E-state index in [-0.39, 0.29) is 17.4 Å². The van der Waals surface area contributed by atoms with Crippen molar-refractivity contribution in [2.45, 2.75) is 25.7 Å². The van der Waals surface area contributed by atoms with E-state index in [1.165, 1.54) is 7.11 Å². The molecule has 1 saturated heterocycles. The van der Waals surface area contributed by atoms with Crippen molar-refractivity contribution in [2.75, 3.05) is 20.2 Å². The van der Waals surface area contributed by atoms with E-state index in [9.17, 15) is 9.50 Å². The van der Waals surface area contributed by atoms with Crippen molar-refractivity contribution in [1.82, 2.24) is 5.32 Å². The summed E-state index contributed by atoms with van der Waals surface area (Å²) in [5, 5.41) is 13.1. The van der Waals surface area contributed by atoms with Gasteiger partial charge in [-0.2, -0.15) is 4.39 Å². The third-order valence-corrected chi connectivity index (χ3v) is 3.39. The van der Waals surface area contributed by atoms with Gasteiger partial charge in [-0.3, -0.25) is 0 Å². The Hall–Kier alpha value is -1.29. The van der Waals surface area contributed by atoms with Crippen LogP contribution in [-0.4, -0.2) is 25.3 Å². The Labute approximate surface area is 101 Å². The van der Waals surface area contributed by atoms with E-state index < -0.39 is 5.82 Å². The van der Waals surface area contributed by atoms with Crippen LogP contribution >= 0.6 is 0 Å². The fraction of sp³-hybridized carbons (Fsp3) is 0.538. The Bertz CT molecular complexity index is 414. The molecule has 1 aromatic rings. The monoisotopic (exact) mass is 239 g/mol. The lowest BCUT2D eigenvalue weighted by Crippen LogP contribution is -2.09. The summed E-state index contributed by atoms with van der Waals surface area (Å²) in [6, 6.07) is 1.87. The molecule has 2 rings (SSSR count). The maximum absolute atomic E-state index is 14.0. The van der Waals surface area contributed by atoms with Crippen LogP contribution in [0.3, 0.4) is 0 Å². The van der Waals surface area contributed by atoms with E-state index in [1.807, 2.05) is 13.0 Å². The van der Waals surface area contributed by atoms with Crippen LogP contribution < -0.4 is 10.1 Å². The lowest BCUT2D eigenvalue weighted by Gasteiger charge is -2.16. The zero-order valence-electron chi connectivity index (χ0n) is 10.2. The number of ether oxygens (including phenoxy) is 1. The summed E-state index contributed by atoms with van der Waals surface area (Å²) >= 11 is 0. The Morgan fingerprint density at radius 1 is 1.59 bits per heavy atom. The third kappa shape index (κ3) is 2.09. The molecule has 0 radical (unpaired) electrons. The van der Waals surface area contributed by atoms with Crippen molar-refractivity contribution < 1.29 is 14.2 Å². The van der Waals surface area contributed by atoms with Gasteiger partial charge < -0.3 is 15.2 Å². The lowest BCUT2D eigenvalue weighted by molar-refractivity contribution is 0.357. The first-order chi connectivity index (χ1) is 8.19. The van der Waals surface area contributed by atoms with Crippen LogP contribution in [-0.2, 0) is 6.42 Å². The molecular weight excluding hydrogens is 221 g/mol. The number of phenolic OH excluding ortho intramolecular Hbond substituents is 1. The molecule has 0 aliphatic carbocycles. The Morgan fingerprint density at radius 3 is 2.88 bits per heavy atom. The molecule has 1 heterocycles. The maximum Gasteiger partial charge on any atom is 0.207 e. The van der Waals surface area contributed by atoms with Gasteiger partial charge in [-0.1, -0.05) is 6.92 Å². The van der Waals surface area contributed by atoms with Gasteiger partial charge in [-0.25, -0.2) is 0 Å². The van der Waals surface area contributed by atoms with Crippen LogP contribution in [0.25, 0.3) is 0 Å². The number of aromatic hydroxyl groups is 1. The van der Waals surface area contributed by atoms with Gasteiger partial charge >= 0.3 is 0 Å². The van der Waals surface area contributed by atoms with E-state index in [4.69, 9.17) is 4.74 Å². The number of hydrogen-bond acceptors (Lipinski definition) is 3. The van der Waals surface area contributed by atoms with E-state index in [1.54, 1.807) is 0 Å². The quantitative estimate of drug-likeness (QED) is 0.849. The number of methoxy groups -OCH3 is 1. The van der Waals surface area contributed by atoms with Gasteiger partial charge in [0.1, 0.15) is 0 Å². The standard InChI is InChI=1S/C13H18FNO2/c1-3-8-6-10(9-4-5-15-7-9)12(16)11(14)13(8)17-2/h6,9,15-16H,3-5,7H2,1-2H3. The first kappa shape index (κ1) is 12.2. The number of rotatable bonds is 3. The molecule has 0 saturated carbocycles. The molecule has 0 aromatic heterocycles. The van der Waals surface area contributed by atoms with Gasteiger partial charge in [0.15, 0.2) is 11.5 Å². The smallest absolute Gasteiger partial charge is 0.207 e. The number of phenols is 1. The molecule has 0 spiro atoms. The second kappa shape index (κ2) is 4.92. The summed E-state index contributed by atoms with van der Waals surface area (Å²) < 4.78 is 19.0. The molecule has 0 bridgehead atoms. The largest absolute Gasteiger partial charge is 0.505 e. The molecule has 4 heteroatoms. The minimum absolute atomic E-state index is 0.166. The molecule has 94 valence electrons. The van der Waals surface area contributed by atoms with Gasteiger partial charge in [0.05, 0.1) is 7.11 Å². The van der Waals surface area contributed by atoms with Gasteiger partial charge in [0.25, 0.3) is 0 Å². The Kier molecular flexibility index (Phi) is 3.52. The molecule has 3 nitrogen and oxygen atoms in total. The highest BCUT2D eigenvalue weighted by molar-refractivity contribution is 5.49. The fourth-order valence-electron chi connectivity index (χ4n) is 2.41. The summed E-state index contributed by atoms with van der Waals surface area (Å²) in [4.78, 5) is 0. The number of halogens is 1. The second-order valence-corrected chi connectivity index (χ2v) is 4.36. The third-order valence-electron chi connectivity index (χ3n) is 3.39. The molecule has 0 amide bonds. The van der Waals surface area contributed by atoms with Crippen molar-refractivity contribution in [3.05, 3.63) is 23.0 Å². The molecule has 17 heavy (non-hydrogen) atoms. The Morgan fingerprint density at radius 2 is 2.35 bits per heavy atom. The fourth-order valence-corrected chi connectivity index (χ4v) is 2.41. The minimum Gasteiger partial charge on any atom is -0.505 e. The maximum atomic E-state index is 14.0. The van der Waals surface area contributed by atoms with Gasteiger partial charge in [0, 0.05) is 18.0 Å². The van der Waals surface area contributed by atoms with Crippen LogP contribution in [0.2, 0.25) is 0 Å². The first-order valence-corrected chi connectivity index (χ1v) is 5.98. The van der Waals surface area contributed by atoms with E-state index in [2.05, 4.69) is 5.32 Å². The van der Waals surface area contributed by atoms with E-state index in [0.717, 1.165) is 25.1 Å². The van der Waals surface area contributed by atoms with E-state index in [0.29, 0.717) is 12.0 Å². The first-order valence-electron chi connectivity index (χ1n) is 5.98. The van der Waals surface area contributed by atoms with Gasteiger partial charge in [0.2, 0.25) is 5.82 Å². The molecule has 1 aliphatic rings. The van der Waals surface area contributed by atoms with E-state index >= 15 is 0 Å². The average Bonchev–Trinajstić information content (AvgIpc) is 2.85. The highest BCUT2D eigenvalue weighted by atomic mass is 19.1. The van der Waals surface area contributed by atoms with Crippen molar-refractivity contribution in [3.63, 3.8) is 0 Å². The molecule has 1 fully saturated rings. The highest BCUT2D eigenvalue weighted by Gasteiger charge is 2.25. The molecule has 2 N–H and O–H groups in total. The predicted molar refractivity (Wildman–Crippen MR) is 64.2 cm³/mol. The normalized spacial score (nSPS) is 19.6. The van der Waals surface area contributed by atoms with Gasteiger partial charge in [-0.05, 0) is 31.0 Å². The van der Waals surface area contributed by atoms with Crippen LogP contribution in [0.1, 0.15) is 30.4 Å². The molecular formula is C13H18FNO2. The molecule has 1 atom stereocenters. The number of aryl methyl sites for hydroxylation is 1. The van der Waals surface area contributed by atoms with Gasteiger partial charge in [-0.15, -0.1) is 0 Å². The van der Waals surface area contributed by atoms with Crippen molar-refractivity contribution in [2.24, 2.45) is 0 Å². The van der Waals surface area contributed by atoms with Crippen molar-refractivity contribution in [3.8, 4) is 11.5 Å². The predicted octanol–water partition coefficient (Wildman–Crippen LogP) is 2.18. The average molecular weight is 239 g/mol. The highest BCUT2D eigenvalue weighted by Crippen LogP contribution is 2.38. The summed E-state index contributed by atoms with van der Waals surface area (Å²) in [5.41, 5.74) is 1.51. The summed E-state index contributed by atoms with van der Waals surface area (Å²) in [7, 11) is 1.42. The number of nitrogens with one attached hydrogen (secondary N) is 1. The number of hydrogen-bond donors (Lipinski definition) is 2.